The van der Waals surface area contributed by atoms with E-state index >= 15 is 0 Å². The number of hydrogen-bond acceptors (Lipinski definition) is 5. The zero-order valence-corrected chi connectivity index (χ0v) is 21.8. The summed E-state index contributed by atoms with van der Waals surface area (Å²) >= 11 is 18.3. The zero-order valence-electron chi connectivity index (χ0n) is 18.7. The van der Waals surface area contributed by atoms with Gasteiger partial charge in [0.25, 0.3) is 0 Å². The Kier molecular flexibility index (Phi) is 8.08. The van der Waals surface area contributed by atoms with Crippen molar-refractivity contribution in [1.29, 1.82) is 0 Å². The lowest BCUT2D eigenvalue weighted by molar-refractivity contribution is 0.238. The number of benzene rings is 2. The molecule has 2 aromatic carbocycles. The Bertz CT molecular complexity index is 1310. The molecule has 0 spiro atoms. The molecule has 1 aliphatic carbocycles. The van der Waals surface area contributed by atoms with Crippen LogP contribution < -0.4 is 9.73 Å². The van der Waals surface area contributed by atoms with Gasteiger partial charge in [-0.1, -0.05) is 46.9 Å². The summed E-state index contributed by atoms with van der Waals surface area (Å²) in [4.78, 5) is -0.512. The smallest absolute Gasteiger partial charge is 0.243 e. The first-order valence-corrected chi connectivity index (χ1v) is 13.6. The fraction of sp³-hybridized carbons (Fsp3) is 0.292. The van der Waals surface area contributed by atoms with Crippen LogP contribution in [0.4, 0.5) is 10.1 Å². The van der Waals surface area contributed by atoms with Crippen LogP contribution in [0.15, 0.2) is 70.4 Å². The van der Waals surface area contributed by atoms with Gasteiger partial charge in [-0.15, -0.1) is 0 Å². The Balaban J connectivity index is 1.57. The van der Waals surface area contributed by atoms with Crippen molar-refractivity contribution >= 4 is 56.2 Å². The number of anilines is 1. The van der Waals surface area contributed by atoms with Gasteiger partial charge in [0.2, 0.25) is 10.0 Å². The van der Waals surface area contributed by atoms with Crippen LogP contribution in [0, 0.1) is 11.7 Å². The first-order chi connectivity index (χ1) is 16.7. The summed E-state index contributed by atoms with van der Waals surface area (Å²) in [5.41, 5.74) is 1.24. The highest BCUT2D eigenvalue weighted by Gasteiger charge is 2.35. The topological polar surface area (TPSA) is 71.0 Å². The van der Waals surface area contributed by atoms with Crippen LogP contribution in [0.3, 0.4) is 0 Å². The molecule has 1 N–H and O–H groups in total. The number of hydrogen-bond donors (Lipinski definition) is 1. The van der Waals surface area contributed by atoms with E-state index in [0.717, 1.165) is 18.2 Å². The van der Waals surface area contributed by atoms with Crippen LogP contribution in [0.5, 0.6) is 0 Å². The minimum Gasteiger partial charge on any atom is -0.494 e. The monoisotopic (exact) mass is 557 g/mol. The van der Waals surface area contributed by atoms with Gasteiger partial charge in [0.05, 0.1) is 40.6 Å². The molecule has 2 aromatic rings. The maximum absolute atomic E-state index is 14.3. The molecule has 2 aliphatic rings. The SMILES string of the molecule is CCOC1=CCC([C@@H]2CC(CNS(=O)(=O)c3cccc(Cl)c3F)=NN2c2ccc(Cl)cc2Cl)C=C1. The number of rotatable bonds is 8. The second-order valence-electron chi connectivity index (χ2n) is 8.05. The summed E-state index contributed by atoms with van der Waals surface area (Å²) in [6.07, 6.45) is 7.23. The zero-order chi connectivity index (χ0) is 25.2. The molecule has 0 saturated heterocycles. The van der Waals surface area contributed by atoms with Crippen LogP contribution in [-0.2, 0) is 14.8 Å². The second kappa shape index (κ2) is 10.9. The first kappa shape index (κ1) is 26.0. The molecular weight excluding hydrogens is 536 g/mol. The summed E-state index contributed by atoms with van der Waals surface area (Å²) in [5, 5.41) is 7.15. The van der Waals surface area contributed by atoms with Crippen molar-refractivity contribution in [2.75, 3.05) is 18.2 Å². The van der Waals surface area contributed by atoms with Gasteiger partial charge in [0.15, 0.2) is 5.82 Å². The second-order valence-corrected chi connectivity index (χ2v) is 11.0. The van der Waals surface area contributed by atoms with Crippen LogP contribution in [0.2, 0.25) is 15.1 Å². The summed E-state index contributed by atoms with van der Waals surface area (Å²) in [7, 11) is -4.15. The molecule has 4 rings (SSSR count). The molecule has 35 heavy (non-hydrogen) atoms. The van der Waals surface area contributed by atoms with Gasteiger partial charge in [0.1, 0.15) is 10.7 Å². The molecule has 2 atom stereocenters. The largest absolute Gasteiger partial charge is 0.494 e. The average Bonchev–Trinajstić information content (AvgIpc) is 3.24. The fourth-order valence-electron chi connectivity index (χ4n) is 4.06. The van der Waals surface area contributed by atoms with Gasteiger partial charge in [-0.2, -0.15) is 5.10 Å². The maximum atomic E-state index is 14.3. The maximum Gasteiger partial charge on any atom is 0.243 e. The van der Waals surface area contributed by atoms with Crippen LogP contribution >= 0.6 is 34.8 Å². The van der Waals surface area contributed by atoms with E-state index in [0.29, 0.717) is 34.5 Å². The molecule has 1 aliphatic heterocycles. The highest BCUT2D eigenvalue weighted by molar-refractivity contribution is 7.89. The highest BCUT2D eigenvalue weighted by atomic mass is 35.5. The third kappa shape index (κ3) is 5.84. The molecule has 0 fully saturated rings. The lowest BCUT2D eigenvalue weighted by atomic mass is 9.89. The fourth-order valence-corrected chi connectivity index (χ4v) is 5.90. The number of nitrogens with one attached hydrogen (secondary N) is 1. The quantitative estimate of drug-likeness (QED) is 0.419. The third-order valence-corrected chi connectivity index (χ3v) is 7.99. The van der Waals surface area contributed by atoms with Crippen molar-refractivity contribution in [2.45, 2.75) is 30.7 Å². The predicted octanol–water partition coefficient (Wildman–Crippen LogP) is 6.20. The number of nitrogens with zero attached hydrogens (tertiary/aromatic N) is 2. The number of halogens is 4. The van der Waals surface area contributed by atoms with E-state index in [1.165, 1.54) is 12.1 Å². The molecule has 11 heteroatoms. The number of sulfonamides is 1. The van der Waals surface area contributed by atoms with E-state index in [-0.39, 0.29) is 23.5 Å². The summed E-state index contributed by atoms with van der Waals surface area (Å²) in [6.45, 7) is 2.42. The van der Waals surface area contributed by atoms with E-state index in [4.69, 9.17) is 39.5 Å². The molecule has 1 unspecified atom stereocenters. The van der Waals surface area contributed by atoms with Crippen molar-refractivity contribution < 1.29 is 17.5 Å². The first-order valence-electron chi connectivity index (χ1n) is 10.9. The molecule has 0 radical (unpaired) electrons. The van der Waals surface area contributed by atoms with Crippen LogP contribution in [0.25, 0.3) is 0 Å². The van der Waals surface area contributed by atoms with Gasteiger partial charge >= 0.3 is 0 Å². The summed E-state index contributed by atoms with van der Waals surface area (Å²) < 4.78 is 47.8. The minimum absolute atomic E-state index is 0.0779. The van der Waals surface area contributed by atoms with Crippen LogP contribution in [-0.4, -0.2) is 33.3 Å². The van der Waals surface area contributed by atoms with Crippen molar-refractivity contribution in [1.82, 2.24) is 4.72 Å². The van der Waals surface area contributed by atoms with Crippen molar-refractivity contribution in [3.63, 3.8) is 0 Å². The highest BCUT2D eigenvalue weighted by Crippen LogP contribution is 2.37. The van der Waals surface area contributed by atoms with E-state index in [2.05, 4.69) is 15.9 Å². The van der Waals surface area contributed by atoms with Crippen molar-refractivity contribution in [3.8, 4) is 0 Å². The molecule has 186 valence electrons. The molecule has 0 saturated carbocycles. The number of hydrazone groups is 1. The van der Waals surface area contributed by atoms with Crippen molar-refractivity contribution in [2.24, 2.45) is 11.0 Å². The van der Waals surface area contributed by atoms with E-state index < -0.39 is 20.7 Å². The number of allylic oxidation sites excluding steroid dienone is 2. The van der Waals surface area contributed by atoms with Gasteiger partial charge in [-0.3, -0.25) is 5.01 Å². The summed E-state index contributed by atoms with van der Waals surface area (Å²) in [6, 6.07) is 8.86. The molecule has 6 nitrogen and oxygen atoms in total. The van der Waals surface area contributed by atoms with Gasteiger partial charge < -0.3 is 4.74 Å². The molecule has 0 amide bonds. The number of ether oxygens (including phenoxy) is 1. The van der Waals surface area contributed by atoms with E-state index in [1.807, 2.05) is 19.1 Å². The van der Waals surface area contributed by atoms with E-state index in [1.54, 1.807) is 23.2 Å². The Morgan fingerprint density at radius 1 is 1.20 bits per heavy atom. The van der Waals surface area contributed by atoms with Gasteiger partial charge in [0, 0.05) is 17.4 Å². The molecule has 0 aromatic heterocycles. The minimum atomic E-state index is -4.15. The Morgan fingerprint density at radius 3 is 2.69 bits per heavy atom. The Labute approximate surface area is 219 Å². The van der Waals surface area contributed by atoms with Gasteiger partial charge in [-0.05, 0) is 55.8 Å². The Morgan fingerprint density at radius 2 is 2.00 bits per heavy atom. The van der Waals surface area contributed by atoms with Gasteiger partial charge in [-0.25, -0.2) is 17.5 Å². The average molecular weight is 559 g/mol. The molecule has 0 bridgehead atoms. The summed E-state index contributed by atoms with van der Waals surface area (Å²) in [5.74, 6) is -0.101. The third-order valence-electron chi connectivity index (χ3n) is 5.74. The predicted molar refractivity (Wildman–Crippen MR) is 138 cm³/mol. The standard InChI is InChI=1S/C24H23Cl3FN3O3S/c1-2-34-18-9-6-15(7-10-18)22-13-17(30-31(22)21-11-8-16(25)12-20(21)27)14-29-35(32,33)23-5-3-4-19(26)24(23)28/h3-6,8-12,15,22,29H,2,7,13-14H2,1H3/t15?,22-/m0/s1. The normalized spacial score (nSPS) is 20.1. The van der Waals surface area contributed by atoms with Crippen LogP contribution in [0.1, 0.15) is 19.8 Å². The van der Waals surface area contributed by atoms with E-state index in [9.17, 15) is 12.8 Å². The Hall–Kier alpha value is -2.10. The van der Waals surface area contributed by atoms with Crippen molar-refractivity contribution in [3.05, 3.63) is 81.3 Å². The molecule has 1 heterocycles. The molecular formula is C24H23Cl3FN3O3S. The lowest BCUT2D eigenvalue weighted by Gasteiger charge is -2.30. The lowest BCUT2D eigenvalue weighted by Crippen LogP contribution is -2.34.